The standard InChI is InChI=1S/C20H20O2S2/c1-2-7-19(21)22-18-12-10-17(11-13-18)20(23-14-6-15-24-20)16-8-4-3-5-9-16/h2-5,8-13H,1,6-7,14-15H2. The zero-order valence-electron chi connectivity index (χ0n) is 13.4. The zero-order chi connectivity index (χ0) is 16.8. The molecule has 3 rings (SSSR count). The summed E-state index contributed by atoms with van der Waals surface area (Å²) in [6.45, 7) is 3.55. The Morgan fingerprint density at radius 2 is 1.67 bits per heavy atom. The van der Waals surface area contributed by atoms with Crippen LogP contribution in [0, 0.1) is 0 Å². The third kappa shape index (κ3) is 3.70. The van der Waals surface area contributed by atoms with Gasteiger partial charge in [0, 0.05) is 0 Å². The molecule has 0 bridgehead atoms. The number of rotatable bonds is 5. The number of hydrogen-bond donors (Lipinski definition) is 0. The van der Waals surface area contributed by atoms with E-state index < -0.39 is 0 Å². The molecule has 24 heavy (non-hydrogen) atoms. The van der Waals surface area contributed by atoms with Gasteiger partial charge in [0.2, 0.25) is 0 Å². The second kappa shape index (κ2) is 7.95. The molecule has 124 valence electrons. The summed E-state index contributed by atoms with van der Waals surface area (Å²) >= 11 is 3.97. The molecule has 0 spiro atoms. The first-order chi connectivity index (χ1) is 11.7. The van der Waals surface area contributed by atoms with Crippen LogP contribution in [0.15, 0.2) is 67.3 Å². The summed E-state index contributed by atoms with van der Waals surface area (Å²) < 4.78 is 5.23. The largest absolute Gasteiger partial charge is 0.426 e. The average Bonchev–Trinajstić information content (AvgIpc) is 2.64. The minimum Gasteiger partial charge on any atom is -0.426 e. The molecule has 0 amide bonds. The first-order valence-electron chi connectivity index (χ1n) is 8.00. The van der Waals surface area contributed by atoms with Crippen molar-refractivity contribution in [3.05, 3.63) is 78.4 Å². The molecule has 1 aliphatic rings. The third-order valence-corrected chi connectivity index (χ3v) is 7.28. The van der Waals surface area contributed by atoms with Gasteiger partial charge in [-0.2, -0.15) is 0 Å². The summed E-state index contributed by atoms with van der Waals surface area (Å²) in [5.74, 6) is 2.60. The van der Waals surface area contributed by atoms with E-state index in [9.17, 15) is 4.79 Å². The van der Waals surface area contributed by atoms with Crippen LogP contribution >= 0.6 is 23.5 Å². The second-order valence-electron chi connectivity index (χ2n) is 5.52. The van der Waals surface area contributed by atoms with Crippen LogP contribution in [0.1, 0.15) is 24.0 Å². The van der Waals surface area contributed by atoms with Gasteiger partial charge in [-0.15, -0.1) is 30.1 Å². The second-order valence-corrected chi connectivity index (χ2v) is 8.40. The van der Waals surface area contributed by atoms with Gasteiger partial charge < -0.3 is 4.74 Å². The Labute approximate surface area is 151 Å². The highest BCUT2D eigenvalue weighted by Crippen LogP contribution is 2.54. The number of ether oxygens (including phenoxy) is 1. The van der Waals surface area contributed by atoms with Crippen LogP contribution in [0.25, 0.3) is 0 Å². The van der Waals surface area contributed by atoms with Gasteiger partial charge in [-0.3, -0.25) is 4.79 Å². The number of carbonyl (C=O) groups is 1. The Kier molecular flexibility index (Phi) is 5.69. The van der Waals surface area contributed by atoms with Crippen molar-refractivity contribution in [2.45, 2.75) is 16.9 Å². The lowest BCUT2D eigenvalue weighted by Crippen LogP contribution is -2.24. The van der Waals surface area contributed by atoms with Gasteiger partial charge in [-0.05, 0) is 41.2 Å². The average molecular weight is 357 g/mol. The lowest BCUT2D eigenvalue weighted by Gasteiger charge is -2.37. The maximum atomic E-state index is 11.6. The van der Waals surface area contributed by atoms with Crippen LogP contribution in [0.4, 0.5) is 0 Å². The predicted octanol–water partition coefficient (Wildman–Crippen LogP) is 5.24. The summed E-state index contributed by atoms with van der Waals surface area (Å²) in [6.07, 6.45) is 3.01. The fourth-order valence-corrected chi connectivity index (χ4v) is 6.10. The summed E-state index contributed by atoms with van der Waals surface area (Å²) in [4.78, 5) is 11.6. The van der Waals surface area contributed by atoms with Crippen molar-refractivity contribution in [3.8, 4) is 5.75 Å². The Hall–Kier alpha value is -1.65. The molecule has 0 atom stereocenters. The molecule has 2 aromatic carbocycles. The molecule has 2 nitrogen and oxygen atoms in total. The minimum absolute atomic E-state index is 0.0802. The van der Waals surface area contributed by atoms with E-state index in [4.69, 9.17) is 4.74 Å². The molecule has 1 aliphatic heterocycles. The Morgan fingerprint density at radius 1 is 1.04 bits per heavy atom. The quantitative estimate of drug-likeness (QED) is 0.416. The van der Waals surface area contributed by atoms with E-state index in [0.29, 0.717) is 5.75 Å². The third-order valence-electron chi connectivity index (χ3n) is 3.83. The molecule has 4 heteroatoms. The van der Waals surface area contributed by atoms with Gasteiger partial charge in [-0.25, -0.2) is 0 Å². The molecule has 0 unspecified atom stereocenters. The van der Waals surface area contributed by atoms with Crippen LogP contribution in [0.5, 0.6) is 5.75 Å². The fourth-order valence-electron chi connectivity index (χ4n) is 2.72. The van der Waals surface area contributed by atoms with Crippen molar-refractivity contribution in [3.63, 3.8) is 0 Å². The number of hydrogen-bond acceptors (Lipinski definition) is 4. The van der Waals surface area contributed by atoms with E-state index in [1.54, 1.807) is 6.08 Å². The Bertz CT molecular complexity index is 689. The summed E-state index contributed by atoms with van der Waals surface area (Å²) in [7, 11) is 0. The van der Waals surface area contributed by atoms with Gasteiger partial charge >= 0.3 is 5.97 Å². The molecule has 1 heterocycles. The van der Waals surface area contributed by atoms with Crippen LogP contribution in [0.3, 0.4) is 0 Å². The molecule has 1 fully saturated rings. The van der Waals surface area contributed by atoms with E-state index in [1.165, 1.54) is 17.5 Å². The summed E-state index contributed by atoms with van der Waals surface area (Å²) in [5, 5.41) is 0. The highest BCUT2D eigenvalue weighted by atomic mass is 32.2. The normalized spacial score (nSPS) is 16.3. The maximum Gasteiger partial charge on any atom is 0.315 e. The van der Waals surface area contributed by atoms with Crippen molar-refractivity contribution < 1.29 is 9.53 Å². The van der Waals surface area contributed by atoms with Crippen LogP contribution < -0.4 is 4.74 Å². The van der Waals surface area contributed by atoms with Crippen molar-refractivity contribution in [2.75, 3.05) is 11.5 Å². The molecule has 0 radical (unpaired) electrons. The molecule has 1 saturated heterocycles. The van der Waals surface area contributed by atoms with Gasteiger partial charge in [0.05, 0.1) is 6.42 Å². The minimum atomic E-state index is -0.281. The zero-order valence-corrected chi connectivity index (χ0v) is 15.1. The van der Waals surface area contributed by atoms with Crippen molar-refractivity contribution >= 4 is 29.5 Å². The molecular formula is C20H20O2S2. The lowest BCUT2D eigenvalue weighted by atomic mass is 10.0. The molecule has 0 aromatic heterocycles. The van der Waals surface area contributed by atoms with E-state index in [-0.39, 0.29) is 16.5 Å². The van der Waals surface area contributed by atoms with Gasteiger partial charge in [0.1, 0.15) is 9.83 Å². The van der Waals surface area contributed by atoms with E-state index in [1.807, 2.05) is 35.7 Å². The van der Waals surface area contributed by atoms with Gasteiger partial charge in [0.25, 0.3) is 0 Å². The highest BCUT2D eigenvalue weighted by Gasteiger charge is 2.37. The first-order valence-corrected chi connectivity index (χ1v) is 9.97. The molecule has 2 aromatic rings. The summed E-state index contributed by atoms with van der Waals surface area (Å²) in [5.41, 5.74) is 2.56. The highest BCUT2D eigenvalue weighted by molar-refractivity contribution is 8.18. The van der Waals surface area contributed by atoms with Gasteiger partial charge in [-0.1, -0.05) is 48.5 Å². The predicted molar refractivity (Wildman–Crippen MR) is 104 cm³/mol. The molecule has 0 N–H and O–H groups in total. The lowest BCUT2D eigenvalue weighted by molar-refractivity contribution is -0.133. The smallest absolute Gasteiger partial charge is 0.315 e. The SMILES string of the molecule is C=CCC(=O)Oc1ccc(C2(c3ccccc3)SCCCS2)cc1. The van der Waals surface area contributed by atoms with Crippen molar-refractivity contribution in [2.24, 2.45) is 0 Å². The van der Waals surface area contributed by atoms with E-state index in [0.717, 1.165) is 11.5 Å². The molecule has 0 aliphatic carbocycles. The Morgan fingerprint density at radius 3 is 2.29 bits per heavy atom. The maximum absolute atomic E-state index is 11.6. The van der Waals surface area contributed by atoms with Crippen LogP contribution in [-0.2, 0) is 8.87 Å². The number of esters is 1. The van der Waals surface area contributed by atoms with Crippen molar-refractivity contribution in [1.82, 2.24) is 0 Å². The van der Waals surface area contributed by atoms with Gasteiger partial charge in [0.15, 0.2) is 0 Å². The molecular weight excluding hydrogens is 336 g/mol. The van der Waals surface area contributed by atoms with E-state index >= 15 is 0 Å². The number of carbonyl (C=O) groups excluding carboxylic acids is 1. The van der Waals surface area contributed by atoms with Crippen LogP contribution in [0.2, 0.25) is 0 Å². The fraction of sp³-hybridized carbons (Fsp3) is 0.250. The molecule has 0 saturated carbocycles. The van der Waals surface area contributed by atoms with E-state index in [2.05, 4.69) is 49.0 Å². The van der Waals surface area contributed by atoms with Crippen LogP contribution in [-0.4, -0.2) is 17.5 Å². The summed E-state index contributed by atoms with van der Waals surface area (Å²) in [6, 6.07) is 18.6. The Balaban J connectivity index is 1.89. The first kappa shape index (κ1) is 17.2. The van der Waals surface area contributed by atoms with Crippen molar-refractivity contribution in [1.29, 1.82) is 0 Å². The monoisotopic (exact) mass is 356 g/mol. The number of benzene rings is 2. The topological polar surface area (TPSA) is 26.3 Å². The number of thioether (sulfide) groups is 2.